The van der Waals surface area contributed by atoms with Gasteiger partial charge in [0.1, 0.15) is 5.75 Å². The van der Waals surface area contributed by atoms with Gasteiger partial charge in [-0.3, -0.25) is 14.3 Å². The number of amides is 2. The third-order valence-electron chi connectivity index (χ3n) is 5.27. The number of anilines is 3. The first-order chi connectivity index (χ1) is 15.9. The van der Waals surface area contributed by atoms with Gasteiger partial charge in [0.15, 0.2) is 0 Å². The molecule has 1 aliphatic heterocycles. The van der Waals surface area contributed by atoms with Crippen molar-refractivity contribution in [3.05, 3.63) is 78.4 Å². The monoisotopic (exact) mass is 465 g/mol. The first-order valence-corrected chi connectivity index (χ1v) is 11.8. The second-order valence-corrected chi connectivity index (χ2v) is 9.17. The molecular formula is C24H23N3O5S. The normalized spacial score (nSPS) is 13.6. The van der Waals surface area contributed by atoms with E-state index in [1.54, 1.807) is 65.6 Å². The van der Waals surface area contributed by atoms with Gasteiger partial charge in [0, 0.05) is 29.9 Å². The second-order valence-electron chi connectivity index (χ2n) is 7.48. The van der Waals surface area contributed by atoms with E-state index in [0.29, 0.717) is 35.7 Å². The largest absolute Gasteiger partial charge is 0.495 e. The Morgan fingerprint density at radius 2 is 1.76 bits per heavy atom. The van der Waals surface area contributed by atoms with Crippen LogP contribution in [0.15, 0.2) is 77.7 Å². The molecule has 3 aromatic carbocycles. The van der Waals surface area contributed by atoms with Gasteiger partial charge < -0.3 is 15.0 Å². The Labute approximate surface area is 192 Å². The minimum atomic E-state index is -3.91. The van der Waals surface area contributed by atoms with Crippen LogP contribution in [0.3, 0.4) is 0 Å². The lowest BCUT2D eigenvalue weighted by atomic mass is 10.1. The average Bonchev–Trinajstić information content (AvgIpc) is 3.25. The van der Waals surface area contributed by atoms with Gasteiger partial charge in [0.25, 0.3) is 15.9 Å². The summed E-state index contributed by atoms with van der Waals surface area (Å²) in [6.07, 6.45) is 1.36. The number of methoxy groups -OCH3 is 1. The van der Waals surface area contributed by atoms with Crippen LogP contribution in [0.4, 0.5) is 17.1 Å². The van der Waals surface area contributed by atoms with Gasteiger partial charge in [-0.2, -0.15) is 0 Å². The average molecular weight is 466 g/mol. The molecule has 0 radical (unpaired) electrons. The number of benzene rings is 3. The number of para-hydroxylation sites is 2. The van der Waals surface area contributed by atoms with E-state index in [0.717, 1.165) is 12.1 Å². The lowest BCUT2D eigenvalue weighted by molar-refractivity contribution is -0.117. The quantitative estimate of drug-likeness (QED) is 0.551. The number of nitrogens with zero attached hydrogens (tertiary/aromatic N) is 1. The predicted molar refractivity (Wildman–Crippen MR) is 126 cm³/mol. The molecule has 0 bridgehead atoms. The van der Waals surface area contributed by atoms with Crippen LogP contribution < -0.4 is 19.7 Å². The summed E-state index contributed by atoms with van der Waals surface area (Å²) >= 11 is 0. The van der Waals surface area contributed by atoms with Crippen molar-refractivity contribution in [3.8, 4) is 5.75 Å². The van der Waals surface area contributed by atoms with Crippen LogP contribution in [0.2, 0.25) is 0 Å². The van der Waals surface area contributed by atoms with E-state index in [1.807, 2.05) is 0 Å². The number of rotatable bonds is 7. The lowest BCUT2D eigenvalue weighted by Crippen LogP contribution is -2.23. The molecule has 9 heteroatoms. The summed E-state index contributed by atoms with van der Waals surface area (Å²) in [6.45, 7) is 0.675. The van der Waals surface area contributed by atoms with Crippen molar-refractivity contribution in [1.29, 1.82) is 0 Å². The number of hydrogen-bond donors (Lipinski definition) is 2. The molecule has 1 aliphatic rings. The zero-order chi connectivity index (χ0) is 23.4. The molecule has 0 saturated carbocycles. The first-order valence-electron chi connectivity index (χ1n) is 10.3. The van der Waals surface area contributed by atoms with Crippen LogP contribution in [-0.2, 0) is 14.8 Å². The summed E-state index contributed by atoms with van der Waals surface area (Å²) in [6, 6.07) is 19.4. The maximum Gasteiger partial charge on any atom is 0.262 e. The molecule has 0 aromatic heterocycles. The highest BCUT2D eigenvalue weighted by molar-refractivity contribution is 7.92. The van der Waals surface area contributed by atoms with Gasteiger partial charge in [-0.25, -0.2) is 8.42 Å². The van der Waals surface area contributed by atoms with Gasteiger partial charge in [-0.15, -0.1) is 0 Å². The highest BCUT2D eigenvalue weighted by atomic mass is 32.2. The number of hydrogen-bond acceptors (Lipinski definition) is 5. The van der Waals surface area contributed by atoms with Crippen LogP contribution in [0.1, 0.15) is 23.2 Å². The highest BCUT2D eigenvalue weighted by Gasteiger charge is 2.22. The smallest absolute Gasteiger partial charge is 0.262 e. The van der Waals surface area contributed by atoms with E-state index < -0.39 is 10.0 Å². The summed E-state index contributed by atoms with van der Waals surface area (Å²) in [5, 5.41) is 2.72. The van der Waals surface area contributed by atoms with Crippen molar-refractivity contribution in [3.63, 3.8) is 0 Å². The van der Waals surface area contributed by atoms with Crippen LogP contribution in [0.25, 0.3) is 0 Å². The summed E-state index contributed by atoms with van der Waals surface area (Å²) in [5.41, 5.74) is 1.79. The maximum atomic E-state index is 12.9. The van der Waals surface area contributed by atoms with E-state index in [9.17, 15) is 18.0 Å². The summed E-state index contributed by atoms with van der Waals surface area (Å²) < 4.78 is 33.4. The Morgan fingerprint density at radius 1 is 1.00 bits per heavy atom. The van der Waals surface area contributed by atoms with E-state index in [4.69, 9.17) is 4.74 Å². The SMILES string of the molecule is COc1ccccc1NS(=O)(=O)c1cccc(NC(=O)c2ccc(N3CCCC3=O)cc2)c1. The minimum Gasteiger partial charge on any atom is -0.495 e. The molecule has 1 heterocycles. The predicted octanol–water partition coefficient (Wildman–Crippen LogP) is 3.88. The molecular weight excluding hydrogens is 442 g/mol. The van der Waals surface area contributed by atoms with Crippen molar-refractivity contribution in [2.24, 2.45) is 0 Å². The molecule has 2 amide bonds. The topological polar surface area (TPSA) is 105 Å². The Kier molecular flexibility index (Phi) is 6.32. The highest BCUT2D eigenvalue weighted by Crippen LogP contribution is 2.27. The molecule has 8 nitrogen and oxygen atoms in total. The molecule has 4 rings (SSSR count). The number of carbonyl (C=O) groups excluding carboxylic acids is 2. The van der Waals surface area contributed by atoms with E-state index in [2.05, 4.69) is 10.0 Å². The van der Waals surface area contributed by atoms with Crippen LogP contribution in [-0.4, -0.2) is 33.9 Å². The van der Waals surface area contributed by atoms with Crippen LogP contribution in [0.5, 0.6) is 5.75 Å². The number of carbonyl (C=O) groups is 2. The second kappa shape index (κ2) is 9.33. The standard InChI is InChI=1S/C24H23N3O5S/c1-32-22-9-3-2-8-21(22)26-33(30,31)20-7-4-6-18(16-20)25-24(29)17-11-13-19(14-12-17)27-15-5-10-23(27)28/h2-4,6-9,11-14,16,26H,5,10,15H2,1H3,(H,25,29). The molecule has 0 spiro atoms. The van der Waals surface area contributed by atoms with Gasteiger partial charge in [-0.05, 0) is 61.0 Å². The Balaban J connectivity index is 1.48. The van der Waals surface area contributed by atoms with Gasteiger partial charge in [0.2, 0.25) is 5.91 Å². The van der Waals surface area contributed by atoms with E-state index in [-0.39, 0.29) is 16.7 Å². The molecule has 1 fully saturated rings. The third kappa shape index (κ3) is 4.98. The van der Waals surface area contributed by atoms with Gasteiger partial charge in [0.05, 0.1) is 17.7 Å². The Morgan fingerprint density at radius 3 is 2.45 bits per heavy atom. The Hall–Kier alpha value is -3.85. The minimum absolute atomic E-state index is 0.00546. The maximum absolute atomic E-state index is 12.9. The third-order valence-corrected chi connectivity index (χ3v) is 6.63. The molecule has 1 saturated heterocycles. The fourth-order valence-electron chi connectivity index (χ4n) is 3.59. The van der Waals surface area contributed by atoms with Gasteiger partial charge in [-0.1, -0.05) is 18.2 Å². The number of sulfonamides is 1. The zero-order valence-electron chi connectivity index (χ0n) is 17.9. The molecule has 2 N–H and O–H groups in total. The molecule has 3 aromatic rings. The summed E-state index contributed by atoms with van der Waals surface area (Å²) in [4.78, 5) is 26.3. The summed E-state index contributed by atoms with van der Waals surface area (Å²) in [5.74, 6) is 0.0816. The number of nitrogens with one attached hydrogen (secondary N) is 2. The van der Waals surface area contributed by atoms with Crippen molar-refractivity contribution in [2.75, 3.05) is 28.6 Å². The van der Waals surface area contributed by atoms with Crippen LogP contribution in [0, 0.1) is 0 Å². The Bertz CT molecular complexity index is 1290. The van der Waals surface area contributed by atoms with Crippen molar-refractivity contribution in [1.82, 2.24) is 0 Å². The summed E-state index contributed by atoms with van der Waals surface area (Å²) in [7, 11) is -2.45. The molecule has 33 heavy (non-hydrogen) atoms. The van der Waals surface area contributed by atoms with Crippen molar-refractivity contribution >= 4 is 38.9 Å². The lowest BCUT2D eigenvalue weighted by Gasteiger charge is -2.16. The molecule has 170 valence electrons. The first kappa shape index (κ1) is 22.3. The number of ether oxygens (including phenoxy) is 1. The molecule has 0 unspecified atom stereocenters. The van der Waals surface area contributed by atoms with Crippen molar-refractivity contribution < 1.29 is 22.7 Å². The molecule has 0 aliphatic carbocycles. The fourth-order valence-corrected chi connectivity index (χ4v) is 4.71. The fraction of sp³-hybridized carbons (Fsp3) is 0.167. The zero-order valence-corrected chi connectivity index (χ0v) is 18.8. The van der Waals surface area contributed by atoms with Crippen LogP contribution >= 0.6 is 0 Å². The van der Waals surface area contributed by atoms with Crippen molar-refractivity contribution in [2.45, 2.75) is 17.7 Å². The van der Waals surface area contributed by atoms with E-state index >= 15 is 0 Å². The molecule has 0 atom stereocenters. The van der Waals surface area contributed by atoms with E-state index in [1.165, 1.54) is 19.2 Å². The van der Waals surface area contributed by atoms with Gasteiger partial charge >= 0.3 is 0 Å².